The Bertz CT molecular complexity index is 952. The summed E-state index contributed by atoms with van der Waals surface area (Å²) in [6.07, 6.45) is 7.29. The van der Waals surface area contributed by atoms with Crippen LogP contribution in [-0.4, -0.2) is 15.9 Å². The lowest BCUT2D eigenvalue weighted by atomic mass is 10.1. The zero-order valence-electron chi connectivity index (χ0n) is 13.5. The monoisotopic (exact) mass is 416 g/mol. The van der Waals surface area contributed by atoms with E-state index in [1.807, 2.05) is 6.07 Å². The molecule has 3 N–H and O–H groups in total. The van der Waals surface area contributed by atoms with Crippen LogP contribution in [0.4, 0.5) is 11.5 Å². The third-order valence-corrected chi connectivity index (χ3v) is 6.01. The number of thiophene rings is 1. The summed E-state index contributed by atoms with van der Waals surface area (Å²) in [6.45, 7) is 0. The van der Waals surface area contributed by atoms with Gasteiger partial charge in [0.1, 0.15) is 15.5 Å². The number of amides is 1. The maximum Gasteiger partial charge on any atom is 0.269 e. The quantitative estimate of drug-likeness (QED) is 0.599. The molecule has 0 unspecified atom stereocenters. The van der Waals surface area contributed by atoms with E-state index in [2.05, 4.69) is 32.3 Å². The highest BCUT2D eigenvalue weighted by molar-refractivity contribution is 9.10. The number of hydrogen-bond donors (Lipinski definition) is 2. The largest absolute Gasteiger partial charge is 0.397 e. The van der Waals surface area contributed by atoms with Crippen molar-refractivity contribution in [3.05, 3.63) is 45.0 Å². The summed E-state index contributed by atoms with van der Waals surface area (Å²) in [5.74, 6) is 0.249. The van der Waals surface area contributed by atoms with E-state index >= 15 is 0 Å². The van der Waals surface area contributed by atoms with Crippen molar-refractivity contribution in [3.8, 4) is 0 Å². The Kier molecular flexibility index (Phi) is 4.43. The molecule has 5 nitrogen and oxygen atoms in total. The topological polar surface area (TPSA) is 80.9 Å². The Morgan fingerprint density at radius 3 is 2.88 bits per heavy atom. The fourth-order valence-electron chi connectivity index (χ4n) is 3.13. The minimum Gasteiger partial charge on any atom is -0.397 e. The molecule has 1 amide bonds. The molecule has 0 saturated heterocycles. The SMILES string of the molecule is Nc1c(C(=O)Nc2ccc(Br)cn2)sc2nc3c(cc12)CCCCC3. The van der Waals surface area contributed by atoms with Gasteiger partial charge in [-0.3, -0.25) is 4.79 Å². The first-order valence-corrected chi connectivity index (χ1v) is 9.86. The molecule has 0 atom stereocenters. The zero-order chi connectivity index (χ0) is 17.4. The number of carbonyl (C=O) groups is 1. The number of rotatable bonds is 2. The number of aromatic nitrogens is 2. The Morgan fingerprint density at radius 1 is 1.24 bits per heavy atom. The number of pyridine rings is 2. The van der Waals surface area contributed by atoms with E-state index in [-0.39, 0.29) is 5.91 Å². The number of carbonyl (C=O) groups excluding carboxylic acids is 1. The van der Waals surface area contributed by atoms with E-state index in [0.29, 0.717) is 16.4 Å². The molecule has 0 radical (unpaired) electrons. The van der Waals surface area contributed by atoms with Crippen molar-refractivity contribution in [3.63, 3.8) is 0 Å². The number of halogens is 1. The van der Waals surface area contributed by atoms with Gasteiger partial charge in [-0.1, -0.05) is 6.42 Å². The molecule has 7 heteroatoms. The van der Waals surface area contributed by atoms with E-state index in [9.17, 15) is 4.79 Å². The number of nitrogen functional groups attached to an aromatic ring is 1. The molecule has 3 heterocycles. The molecule has 0 bridgehead atoms. The van der Waals surface area contributed by atoms with Gasteiger partial charge >= 0.3 is 0 Å². The van der Waals surface area contributed by atoms with Gasteiger partial charge in [-0.2, -0.15) is 0 Å². The molecule has 4 rings (SSSR count). The number of nitrogens with zero attached hydrogens (tertiary/aromatic N) is 2. The van der Waals surface area contributed by atoms with Crippen molar-refractivity contribution in [1.29, 1.82) is 0 Å². The molecule has 0 saturated carbocycles. The van der Waals surface area contributed by atoms with E-state index in [4.69, 9.17) is 10.7 Å². The molecular weight excluding hydrogens is 400 g/mol. The lowest BCUT2D eigenvalue weighted by Crippen LogP contribution is -2.12. The summed E-state index contributed by atoms with van der Waals surface area (Å²) in [6, 6.07) is 5.70. The first-order chi connectivity index (χ1) is 12.1. The first-order valence-electron chi connectivity index (χ1n) is 8.25. The van der Waals surface area contributed by atoms with Gasteiger partial charge in [-0.05, 0) is 65.4 Å². The van der Waals surface area contributed by atoms with Gasteiger partial charge in [0.05, 0.1) is 5.69 Å². The third-order valence-electron chi connectivity index (χ3n) is 4.42. The zero-order valence-corrected chi connectivity index (χ0v) is 15.9. The average Bonchev–Trinajstić information content (AvgIpc) is 2.78. The van der Waals surface area contributed by atoms with Crippen LogP contribution in [-0.2, 0) is 12.8 Å². The summed E-state index contributed by atoms with van der Waals surface area (Å²) < 4.78 is 0.859. The van der Waals surface area contributed by atoms with Crippen LogP contribution in [0.1, 0.15) is 40.2 Å². The fraction of sp³-hybridized carbons (Fsp3) is 0.278. The molecular formula is C18H17BrN4OS. The lowest BCUT2D eigenvalue weighted by molar-refractivity contribution is 0.103. The van der Waals surface area contributed by atoms with Gasteiger partial charge in [0.15, 0.2) is 0 Å². The van der Waals surface area contributed by atoms with E-state index < -0.39 is 0 Å². The number of nitrogens with one attached hydrogen (secondary N) is 1. The van der Waals surface area contributed by atoms with Crippen LogP contribution in [0.5, 0.6) is 0 Å². The number of nitrogens with two attached hydrogens (primary N) is 1. The van der Waals surface area contributed by atoms with Crippen LogP contribution in [0.15, 0.2) is 28.9 Å². The predicted molar refractivity (Wildman–Crippen MR) is 105 cm³/mol. The summed E-state index contributed by atoms with van der Waals surface area (Å²) in [4.78, 5) is 22.9. The molecule has 1 aliphatic carbocycles. The standard InChI is InChI=1S/C18H17BrN4OS/c19-11-6-7-14(21-9-11)23-17(24)16-15(20)12-8-10-4-2-1-3-5-13(10)22-18(12)25-16/h6-9H,1-5,20H2,(H,21,23,24). The van der Waals surface area contributed by atoms with Crippen LogP contribution in [0.2, 0.25) is 0 Å². The molecule has 3 aromatic rings. The van der Waals surface area contributed by atoms with Crippen molar-refractivity contribution >= 4 is 54.9 Å². The lowest BCUT2D eigenvalue weighted by Gasteiger charge is -2.05. The van der Waals surface area contributed by atoms with Crippen LogP contribution in [0, 0.1) is 0 Å². The second-order valence-electron chi connectivity index (χ2n) is 6.17. The Labute approximate surface area is 157 Å². The molecule has 25 heavy (non-hydrogen) atoms. The van der Waals surface area contributed by atoms with Crippen molar-refractivity contribution in [1.82, 2.24) is 9.97 Å². The van der Waals surface area contributed by atoms with Gasteiger partial charge in [-0.25, -0.2) is 9.97 Å². The molecule has 0 aliphatic heterocycles. The van der Waals surface area contributed by atoms with E-state index in [1.54, 1.807) is 12.3 Å². The number of fused-ring (bicyclic) bond motifs is 2. The molecule has 0 spiro atoms. The van der Waals surface area contributed by atoms with Crippen LogP contribution in [0.3, 0.4) is 0 Å². The maximum atomic E-state index is 12.6. The van der Waals surface area contributed by atoms with Gasteiger partial charge in [-0.15, -0.1) is 11.3 Å². The van der Waals surface area contributed by atoms with Crippen molar-refractivity contribution < 1.29 is 4.79 Å². The number of hydrogen-bond acceptors (Lipinski definition) is 5. The minimum atomic E-state index is -0.245. The second-order valence-corrected chi connectivity index (χ2v) is 8.08. The molecule has 3 aromatic heterocycles. The second kappa shape index (κ2) is 6.72. The summed E-state index contributed by atoms with van der Waals surface area (Å²) in [5.41, 5.74) is 9.21. The summed E-state index contributed by atoms with van der Waals surface area (Å²) in [7, 11) is 0. The Hall–Kier alpha value is -1.99. The van der Waals surface area contributed by atoms with Crippen LogP contribution < -0.4 is 11.1 Å². The van der Waals surface area contributed by atoms with Gasteiger partial charge < -0.3 is 11.1 Å². The average molecular weight is 417 g/mol. The predicted octanol–water partition coefficient (Wildman–Crippen LogP) is 4.56. The van der Waals surface area contributed by atoms with E-state index in [0.717, 1.165) is 33.2 Å². The number of aryl methyl sites for hydroxylation is 2. The van der Waals surface area contributed by atoms with Crippen LogP contribution in [0.25, 0.3) is 10.2 Å². The highest BCUT2D eigenvalue weighted by Crippen LogP contribution is 2.35. The summed E-state index contributed by atoms with van der Waals surface area (Å²) in [5, 5.41) is 3.69. The third kappa shape index (κ3) is 3.26. The number of anilines is 2. The highest BCUT2D eigenvalue weighted by atomic mass is 79.9. The van der Waals surface area contributed by atoms with Crippen molar-refractivity contribution in [2.24, 2.45) is 0 Å². The minimum absolute atomic E-state index is 0.245. The molecule has 0 fully saturated rings. The van der Waals surface area contributed by atoms with Crippen molar-refractivity contribution in [2.45, 2.75) is 32.1 Å². The van der Waals surface area contributed by atoms with Gasteiger partial charge in [0, 0.05) is 21.7 Å². The smallest absolute Gasteiger partial charge is 0.269 e. The molecule has 0 aromatic carbocycles. The Morgan fingerprint density at radius 2 is 2.08 bits per heavy atom. The summed E-state index contributed by atoms with van der Waals surface area (Å²) >= 11 is 4.68. The normalized spacial score (nSPS) is 14.1. The van der Waals surface area contributed by atoms with Crippen molar-refractivity contribution in [2.75, 3.05) is 11.1 Å². The fourth-order valence-corrected chi connectivity index (χ4v) is 4.35. The molecule has 1 aliphatic rings. The van der Waals surface area contributed by atoms with E-state index in [1.165, 1.54) is 36.2 Å². The Balaban J connectivity index is 1.68. The van der Waals surface area contributed by atoms with Gasteiger partial charge in [0.25, 0.3) is 5.91 Å². The first kappa shape index (κ1) is 16.5. The highest BCUT2D eigenvalue weighted by Gasteiger charge is 2.20. The molecule has 128 valence electrons. The van der Waals surface area contributed by atoms with Crippen LogP contribution >= 0.6 is 27.3 Å². The maximum absolute atomic E-state index is 12.6. The van der Waals surface area contributed by atoms with Gasteiger partial charge in [0.2, 0.25) is 0 Å².